The Morgan fingerprint density at radius 3 is 2.63 bits per heavy atom. The molecular weight excluding hydrogens is 506 g/mol. The van der Waals surface area contributed by atoms with E-state index >= 15 is 0 Å². The molecule has 3 saturated carbocycles. The summed E-state index contributed by atoms with van der Waals surface area (Å²) in [6.07, 6.45) is 9.42. The van der Waals surface area contributed by atoms with Crippen LogP contribution in [0.4, 0.5) is 4.79 Å². The van der Waals surface area contributed by atoms with E-state index in [1.54, 1.807) is 32.3 Å². The van der Waals surface area contributed by atoms with Crippen molar-refractivity contribution >= 4 is 33.9 Å². The first-order chi connectivity index (χ1) is 17.9. The van der Waals surface area contributed by atoms with Crippen LogP contribution in [0.2, 0.25) is 0 Å². The molecule has 0 bridgehead atoms. The molecule has 4 fully saturated rings. The van der Waals surface area contributed by atoms with Gasteiger partial charge in [-0.2, -0.15) is 0 Å². The third kappa shape index (κ3) is 3.09. The Balaban J connectivity index is 1.43. The number of allylic oxidation sites excluding steroid dienone is 2. The maximum Gasteiger partial charge on any atom is 0.375 e. The fourth-order valence-electron chi connectivity index (χ4n) is 8.50. The fraction of sp³-hybridized carbons (Fsp3) is 0.586. The number of ketones is 1. The van der Waals surface area contributed by atoms with E-state index in [-0.39, 0.29) is 35.4 Å². The monoisotopic (exact) mass is 539 g/mol. The average molecular weight is 540 g/mol. The number of hydrogen-bond acceptors (Lipinski definition) is 8. The Hall–Kier alpha value is -2.65. The Morgan fingerprint density at radius 2 is 1.95 bits per heavy atom. The molecule has 0 aromatic carbocycles. The van der Waals surface area contributed by atoms with Gasteiger partial charge in [0.1, 0.15) is 5.60 Å². The van der Waals surface area contributed by atoms with Crippen molar-refractivity contribution in [1.82, 2.24) is 4.90 Å². The second-order valence-electron chi connectivity index (χ2n) is 12.2. The molecule has 1 amide bonds. The minimum absolute atomic E-state index is 0.0108. The Kier molecular flexibility index (Phi) is 5.51. The topological polar surface area (TPSA) is 106 Å². The molecule has 8 atom stereocenters. The van der Waals surface area contributed by atoms with Gasteiger partial charge < -0.3 is 18.8 Å². The number of furan rings is 1. The van der Waals surface area contributed by atoms with Gasteiger partial charge in [-0.05, 0) is 68.7 Å². The molecule has 8 nitrogen and oxygen atoms in total. The van der Waals surface area contributed by atoms with Gasteiger partial charge >= 0.3 is 5.97 Å². The van der Waals surface area contributed by atoms with Crippen LogP contribution in [0.3, 0.4) is 0 Å². The summed E-state index contributed by atoms with van der Waals surface area (Å²) in [6.45, 7) is 6.15. The van der Waals surface area contributed by atoms with Crippen LogP contribution in [-0.2, 0) is 19.1 Å². The average Bonchev–Trinajstić information content (AvgIpc) is 3.22. The van der Waals surface area contributed by atoms with E-state index < -0.39 is 38.4 Å². The minimum Gasteiger partial charge on any atom is -0.457 e. The largest absolute Gasteiger partial charge is 0.457 e. The molecule has 0 radical (unpaired) electrons. The lowest BCUT2D eigenvalue weighted by molar-refractivity contribution is -0.156. The number of rotatable bonds is 3. The zero-order valence-corrected chi connectivity index (χ0v) is 23.1. The van der Waals surface area contributed by atoms with Crippen LogP contribution in [-0.4, -0.2) is 58.4 Å². The van der Waals surface area contributed by atoms with Crippen molar-refractivity contribution in [2.24, 2.45) is 28.6 Å². The first-order valence-electron chi connectivity index (χ1n) is 13.2. The molecule has 1 saturated heterocycles. The van der Waals surface area contributed by atoms with Crippen LogP contribution in [0.5, 0.6) is 0 Å². The predicted octanol–water partition coefficient (Wildman–Crippen LogP) is 4.80. The summed E-state index contributed by atoms with van der Waals surface area (Å²) in [7, 11) is 3.19. The number of nitrogens with zero attached hydrogens (tertiary/aromatic N) is 1. The maximum atomic E-state index is 14.2. The highest BCUT2D eigenvalue weighted by Crippen LogP contribution is 2.77. The van der Waals surface area contributed by atoms with Gasteiger partial charge in [-0.25, -0.2) is 4.79 Å². The van der Waals surface area contributed by atoms with Crippen LogP contribution in [0, 0.1) is 28.6 Å². The van der Waals surface area contributed by atoms with E-state index in [0.29, 0.717) is 24.6 Å². The van der Waals surface area contributed by atoms with Gasteiger partial charge in [-0.15, -0.1) is 0 Å². The number of esters is 1. The van der Waals surface area contributed by atoms with Crippen LogP contribution in [0.25, 0.3) is 0 Å². The van der Waals surface area contributed by atoms with Gasteiger partial charge in [0, 0.05) is 42.6 Å². The minimum atomic E-state index is -1.54. The molecule has 1 aromatic rings. The van der Waals surface area contributed by atoms with Crippen LogP contribution in [0.1, 0.15) is 57.0 Å². The van der Waals surface area contributed by atoms with Gasteiger partial charge in [0.2, 0.25) is 10.9 Å². The molecule has 2 heterocycles. The molecule has 0 N–H and O–H groups in total. The zero-order valence-electron chi connectivity index (χ0n) is 22.3. The van der Waals surface area contributed by atoms with Crippen molar-refractivity contribution in [3.05, 3.63) is 48.0 Å². The van der Waals surface area contributed by atoms with E-state index in [2.05, 4.69) is 6.92 Å². The molecule has 38 heavy (non-hydrogen) atoms. The maximum absolute atomic E-state index is 14.2. The van der Waals surface area contributed by atoms with E-state index in [0.717, 1.165) is 18.4 Å². The highest BCUT2D eigenvalue weighted by atomic mass is 32.2. The van der Waals surface area contributed by atoms with Crippen molar-refractivity contribution in [3.63, 3.8) is 0 Å². The molecule has 1 spiro atoms. The smallest absolute Gasteiger partial charge is 0.375 e. The molecule has 202 valence electrons. The summed E-state index contributed by atoms with van der Waals surface area (Å²) in [5.74, 6) is -0.876. The molecule has 1 unspecified atom stereocenters. The lowest BCUT2D eigenvalue weighted by Crippen LogP contribution is -2.63. The number of ether oxygens (including phenoxy) is 2. The number of hydrogen-bond donors (Lipinski definition) is 0. The van der Waals surface area contributed by atoms with Crippen molar-refractivity contribution in [3.8, 4) is 0 Å². The molecule has 1 aliphatic heterocycles. The van der Waals surface area contributed by atoms with E-state index in [4.69, 9.17) is 13.9 Å². The van der Waals surface area contributed by atoms with E-state index in [1.807, 2.05) is 19.9 Å². The standard InChI is InChI=1S/C29H33NO7S/c1-16-13-20-19-9-8-17-14-18(31)10-11-26(17,2)29(19)22(36-29)15-27(20,3)28(16,24(33)38-25(34)30(4)5)37-23(32)21-7-6-12-35-21/h6-7,10-12,14,16,19-20,22H,8-9,13,15H2,1-5H3/t16-,19+,20+,22?,26+,27+,28+,29+/m1/s1. The van der Waals surface area contributed by atoms with Gasteiger partial charge in [0.25, 0.3) is 5.24 Å². The van der Waals surface area contributed by atoms with E-state index in [1.165, 1.54) is 17.2 Å². The van der Waals surface area contributed by atoms with Gasteiger partial charge in [0.05, 0.1) is 12.4 Å². The molecule has 4 aliphatic carbocycles. The normalized spacial score (nSPS) is 42.2. The van der Waals surface area contributed by atoms with Crippen molar-refractivity contribution < 1.29 is 33.1 Å². The summed E-state index contributed by atoms with van der Waals surface area (Å²) in [5.41, 5.74) is -2.03. The highest BCUT2D eigenvalue weighted by molar-refractivity contribution is 8.26. The lowest BCUT2D eigenvalue weighted by Gasteiger charge is -2.56. The Morgan fingerprint density at radius 1 is 1.18 bits per heavy atom. The van der Waals surface area contributed by atoms with Crippen molar-refractivity contribution in [2.75, 3.05) is 14.1 Å². The molecule has 9 heteroatoms. The number of carbonyl (C=O) groups is 4. The lowest BCUT2D eigenvalue weighted by atomic mass is 9.47. The SMILES string of the molecule is C[C@@H]1C[C@H]2[C@@H]3CCC4=CC(=O)C=C[C@]4(C)[C@]34OC4C[C@]2(C)[C@@]1(OC(=O)c1ccco1)C(=O)SC(=O)N(C)C. The third-order valence-electron chi connectivity index (χ3n) is 10.3. The van der Waals surface area contributed by atoms with Gasteiger partial charge in [0.15, 0.2) is 11.4 Å². The Labute approximate surface area is 226 Å². The number of amides is 1. The third-order valence-corrected chi connectivity index (χ3v) is 11.3. The quantitative estimate of drug-likeness (QED) is 0.398. The summed E-state index contributed by atoms with van der Waals surface area (Å²) >= 11 is 0.603. The van der Waals surface area contributed by atoms with Crippen LogP contribution >= 0.6 is 11.8 Å². The Bertz CT molecular complexity index is 1300. The molecule has 6 rings (SSSR count). The summed E-state index contributed by atoms with van der Waals surface area (Å²) in [4.78, 5) is 53.8. The number of thioether (sulfide) groups is 1. The number of epoxide rings is 1. The highest BCUT2D eigenvalue weighted by Gasteiger charge is 2.83. The fourth-order valence-corrected chi connectivity index (χ4v) is 9.47. The zero-order chi connectivity index (χ0) is 27.3. The van der Waals surface area contributed by atoms with Gasteiger partial charge in [-0.3, -0.25) is 14.4 Å². The molecular formula is C29H33NO7S. The first-order valence-corrected chi connectivity index (χ1v) is 14.0. The number of carbonyl (C=O) groups excluding carboxylic acids is 4. The molecule has 1 aromatic heterocycles. The van der Waals surface area contributed by atoms with Crippen molar-refractivity contribution in [1.29, 1.82) is 0 Å². The van der Waals surface area contributed by atoms with Gasteiger partial charge in [-0.1, -0.05) is 25.5 Å². The summed E-state index contributed by atoms with van der Waals surface area (Å²) < 4.78 is 18.2. The van der Waals surface area contributed by atoms with E-state index in [9.17, 15) is 19.2 Å². The molecule has 5 aliphatic rings. The summed E-state index contributed by atoms with van der Waals surface area (Å²) in [6, 6.07) is 3.11. The van der Waals surface area contributed by atoms with Crippen molar-refractivity contribution in [2.45, 2.75) is 63.8 Å². The summed E-state index contributed by atoms with van der Waals surface area (Å²) in [5, 5.41) is -0.861. The second kappa shape index (κ2) is 8.18. The second-order valence-corrected chi connectivity index (χ2v) is 13.1. The van der Waals surface area contributed by atoms with Crippen LogP contribution in [0.15, 0.2) is 46.6 Å². The predicted molar refractivity (Wildman–Crippen MR) is 139 cm³/mol. The number of fused-ring (bicyclic) bond motifs is 3. The first kappa shape index (κ1) is 25.6. The van der Waals surface area contributed by atoms with Crippen LogP contribution < -0.4 is 0 Å².